The van der Waals surface area contributed by atoms with Crippen LogP contribution in [0.15, 0.2) is 47.6 Å². The van der Waals surface area contributed by atoms with Crippen LogP contribution in [-0.2, 0) is 11.2 Å². The van der Waals surface area contributed by atoms with Gasteiger partial charge in [0.25, 0.3) is 0 Å². The second-order valence-electron chi connectivity index (χ2n) is 5.79. The summed E-state index contributed by atoms with van der Waals surface area (Å²) >= 11 is 8.66. The number of carbonyl (C=O) groups is 1. The lowest BCUT2D eigenvalue weighted by molar-refractivity contribution is -0.116. The molecule has 3 heterocycles. The molecule has 9 heteroatoms. The number of nitrogens with two attached hydrogens (primary N) is 1. The number of thioether (sulfide) groups is 1. The second kappa shape index (κ2) is 7.32. The SMILES string of the molecule is NC1Cc2cc(Cl)cnc2SC1C(=O)Nc1nnc(-c2ccccc2)s1. The van der Waals surface area contributed by atoms with Crippen LogP contribution in [0.2, 0.25) is 5.02 Å². The second-order valence-corrected chi connectivity index (χ2v) is 8.34. The number of carbonyl (C=O) groups excluding carboxylic acids is 1. The summed E-state index contributed by atoms with van der Waals surface area (Å²) in [6.45, 7) is 0. The van der Waals surface area contributed by atoms with Crippen LogP contribution in [0.25, 0.3) is 10.6 Å². The van der Waals surface area contributed by atoms with Gasteiger partial charge in [-0.25, -0.2) is 4.98 Å². The average Bonchev–Trinajstić information content (AvgIpc) is 3.10. The van der Waals surface area contributed by atoms with Crippen molar-refractivity contribution in [2.45, 2.75) is 22.7 Å². The lowest BCUT2D eigenvalue weighted by atomic mass is 10.0. The smallest absolute Gasteiger partial charge is 0.241 e. The van der Waals surface area contributed by atoms with Crippen LogP contribution in [0.4, 0.5) is 5.13 Å². The predicted molar refractivity (Wildman–Crippen MR) is 105 cm³/mol. The number of aromatic nitrogens is 3. The van der Waals surface area contributed by atoms with Gasteiger partial charge in [0.1, 0.15) is 15.3 Å². The summed E-state index contributed by atoms with van der Waals surface area (Å²) in [6.07, 6.45) is 2.13. The topological polar surface area (TPSA) is 93.8 Å². The van der Waals surface area contributed by atoms with Gasteiger partial charge in [-0.1, -0.05) is 65.0 Å². The van der Waals surface area contributed by atoms with Gasteiger partial charge in [0.05, 0.1) is 5.02 Å². The minimum atomic E-state index is -0.444. The van der Waals surface area contributed by atoms with Crippen LogP contribution in [0.5, 0.6) is 0 Å². The van der Waals surface area contributed by atoms with Gasteiger partial charge in [0.2, 0.25) is 11.0 Å². The molecule has 3 aromatic rings. The molecule has 26 heavy (non-hydrogen) atoms. The van der Waals surface area contributed by atoms with Gasteiger partial charge in [-0.3, -0.25) is 10.1 Å². The summed E-state index contributed by atoms with van der Waals surface area (Å²) in [5.74, 6) is -0.194. The van der Waals surface area contributed by atoms with Crippen LogP contribution >= 0.6 is 34.7 Å². The number of hydrogen-bond acceptors (Lipinski definition) is 7. The van der Waals surface area contributed by atoms with Crippen molar-refractivity contribution in [2.75, 3.05) is 5.32 Å². The number of anilines is 1. The van der Waals surface area contributed by atoms with Crippen LogP contribution in [-0.4, -0.2) is 32.4 Å². The van der Waals surface area contributed by atoms with Crippen molar-refractivity contribution in [3.05, 3.63) is 53.2 Å². The van der Waals surface area contributed by atoms with Gasteiger partial charge in [0, 0.05) is 17.8 Å². The number of nitrogens with zero attached hydrogens (tertiary/aromatic N) is 3. The molecule has 0 bridgehead atoms. The van der Waals surface area contributed by atoms with E-state index in [4.69, 9.17) is 17.3 Å². The third kappa shape index (κ3) is 3.59. The van der Waals surface area contributed by atoms with E-state index in [1.807, 2.05) is 36.4 Å². The van der Waals surface area contributed by atoms with E-state index in [1.54, 1.807) is 6.20 Å². The largest absolute Gasteiger partial charge is 0.326 e. The summed E-state index contributed by atoms with van der Waals surface area (Å²) in [6, 6.07) is 11.2. The first-order valence-corrected chi connectivity index (χ1v) is 9.94. The van der Waals surface area contributed by atoms with Crippen molar-refractivity contribution in [1.82, 2.24) is 15.2 Å². The molecule has 4 rings (SSSR count). The number of hydrogen-bond donors (Lipinski definition) is 2. The van der Waals surface area contributed by atoms with Crippen molar-refractivity contribution in [1.29, 1.82) is 0 Å². The molecule has 0 fully saturated rings. The lowest BCUT2D eigenvalue weighted by Gasteiger charge is -2.27. The third-order valence-corrected chi connectivity index (χ3v) is 6.41. The molecule has 0 saturated carbocycles. The number of rotatable bonds is 3. The summed E-state index contributed by atoms with van der Waals surface area (Å²) in [7, 11) is 0. The average molecular weight is 404 g/mol. The van der Waals surface area contributed by atoms with E-state index in [0.717, 1.165) is 21.2 Å². The Balaban J connectivity index is 1.48. The Morgan fingerprint density at radius 1 is 1.27 bits per heavy atom. The molecular weight excluding hydrogens is 390 g/mol. The first-order chi connectivity index (χ1) is 12.6. The molecule has 0 spiro atoms. The number of halogens is 1. The number of amides is 1. The Kier molecular flexibility index (Phi) is 4.90. The molecule has 0 aliphatic carbocycles. The summed E-state index contributed by atoms with van der Waals surface area (Å²) in [5.41, 5.74) is 8.15. The number of fused-ring (bicyclic) bond motifs is 1. The zero-order valence-electron chi connectivity index (χ0n) is 13.4. The molecular formula is C17H14ClN5OS2. The van der Waals surface area contributed by atoms with Crippen molar-refractivity contribution < 1.29 is 4.79 Å². The third-order valence-electron chi connectivity index (χ3n) is 3.91. The number of pyridine rings is 1. The van der Waals surface area contributed by atoms with E-state index in [1.165, 1.54) is 23.1 Å². The van der Waals surface area contributed by atoms with Crippen molar-refractivity contribution >= 4 is 45.7 Å². The fourth-order valence-electron chi connectivity index (χ4n) is 2.69. The van der Waals surface area contributed by atoms with Crippen LogP contribution in [0.1, 0.15) is 5.56 Å². The van der Waals surface area contributed by atoms with Crippen LogP contribution < -0.4 is 11.1 Å². The van der Waals surface area contributed by atoms with Gasteiger partial charge < -0.3 is 5.73 Å². The van der Waals surface area contributed by atoms with E-state index in [2.05, 4.69) is 20.5 Å². The minimum Gasteiger partial charge on any atom is -0.326 e. The molecule has 1 amide bonds. The maximum absolute atomic E-state index is 12.7. The lowest BCUT2D eigenvalue weighted by Crippen LogP contribution is -2.44. The Morgan fingerprint density at radius 3 is 2.88 bits per heavy atom. The zero-order chi connectivity index (χ0) is 18.1. The van der Waals surface area contributed by atoms with Crippen molar-refractivity contribution in [2.24, 2.45) is 5.73 Å². The zero-order valence-corrected chi connectivity index (χ0v) is 15.8. The van der Waals surface area contributed by atoms with Crippen LogP contribution in [0, 0.1) is 0 Å². The Hall–Kier alpha value is -2.00. The Labute approximate surface area is 163 Å². The number of nitrogens with one attached hydrogen (secondary N) is 1. The van der Waals surface area contributed by atoms with E-state index >= 15 is 0 Å². The van der Waals surface area contributed by atoms with Gasteiger partial charge >= 0.3 is 0 Å². The standard InChI is InChI=1S/C17H14ClN5OS2/c18-11-6-10-7-12(19)13(25-15(10)20-8-11)14(24)21-17-23-22-16(26-17)9-4-2-1-3-5-9/h1-6,8,12-13H,7,19H2,(H,21,23,24). The fourth-order valence-corrected chi connectivity index (χ4v) is 4.70. The Morgan fingerprint density at radius 2 is 2.08 bits per heavy atom. The molecule has 2 atom stereocenters. The van der Waals surface area contributed by atoms with E-state index in [0.29, 0.717) is 16.6 Å². The normalized spacial score (nSPS) is 19.0. The van der Waals surface area contributed by atoms with Gasteiger partial charge in [-0.2, -0.15) is 0 Å². The molecule has 6 nitrogen and oxygen atoms in total. The molecule has 1 aromatic carbocycles. The van der Waals surface area contributed by atoms with Crippen LogP contribution in [0.3, 0.4) is 0 Å². The maximum Gasteiger partial charge on any atom is 0.241 e. The Bertz CT molecular complexity index is 949. The summed E-state index contributed by atoms with van der Waals surface area (Å²) in [5, 5.41) is 13.2. The van der Waals surface area contributed by atoms with Gasteiger partial charge in [0.15, 0.2) is 0 Å². The molecule has 3 N–H and O–H groups in total. The summed E-state index contributed by atoms with van der Waals surface area (Å²) < 4.78 is 0. The highest BCUT2D eigenvalue weighted by atomic mass is 35.5. The van der Waals surface area contributed by atoms with Gasteiger partial charge in [-0.15, -0.1) is 10.2 Å². The van der Waals surface area contributed by atoms with Gasteiger partial charge in [-0.05, 0) is 18.1 Å². The van der Waals surface area contributed by atoms with E-state index in [-0.39, 0.29) is 11.9 Å². The highest BCUT2D eigenvalue weighted by Crippen LogP contribution is 2.35. The first kappa shape index (κ1) is 17.4. The molecule has 1 aliphatic heterocycles. The molecule has 1 aliphatic rings. The molecule has 132 valence electrons. The predicted octanol–water partition coefficient (Wildman–Crippen LogP) is 3.24. The first-order valence-electron chi connectivity index (χ1n) is 7.86. The van der Waals surface area contributed by atoms with Crippen molar-refractivity contribution in [3.8, 4) is 10.6 Å². The fraction of sp³-hybridized carbons (Fsp3) is 0.176. The molecule has 0 saturated heterocycles. The van der Waals surface area contributed by atoms with Crippen molar-refractivity contribution in [3.63, 3.8) is 0 Å². The number of benzene rings is 1. The minimum absolute atomic E-state index is 0.194. The summed E-state index contributed by atoms with van der Waals surface area (Å²) in [4.78, 5) is 17.0. The quantitative estimate of drug-likeness (QED) is 0.697. The highest BCUT2D eigenvalue weighted by Gasteiger charge is 2.33. The molecule has 2 unspecified atom stereocenters. The monoisotopic (exact) mass is 403 g/mol. The molecule has 0 radical (unpaired) electrons. The van der Waals surface area contributed by atoms with E-state index < -0.39 is 5.25 Å². The maximum atomic E-state index is 12.7. The van der Waals surface area contributed by atoms with E-state index in [9.17, 15) is 4.79 Å². The molecule has 2 aromatic heterocycles. The highest BCUT2D eigenvalue weighted by molar-refractivity contribution is 8.00.